The Bertz CT molecular complexity index is 1530. The van der Waals surface area contributed by atoms with Crippen LogP contribution in [0.4, 0.5) is 4.39 Å². The normalized spacial score (nSPS) is 16.1. The van der Waals surface area contributed by atoms with Crippen molar-refractivity contribution in [2.45, 2.75) is 19.5 Å². The van der Waals surface area contributed by atoms with Crippen LogP contribution in [0, 0.1) is 5.82 Å². The van der Waals surface area contributed by atoms with E-state index in [1.165, 1.54) is 12.1 Å². The van der Waals surface area contributed by atoms with Gasteiger partial charge in [0.1, 0.15) is 17.1 Å². The lowest BCUT2D eigenvalue weighted by Gasteiger charge is -2.25. The molecule has 35 heavy (non-hydrogen) atoms. The molecule has 2 aliphatic rings. The minimum absolute atomic E-state index is 0.0336. The molecule has 6 rings (SSSR count). The highest BCUT2D eigenvalue weighted by molar-refractivity contribution is 5.99. The Kier molecular flexibility index (Phi) is 4.95. The van der Waals surface area contributed by atoms with Crippen LogP contribution in [0.1, 0.15) is 40.2 Å². The third-order valence-corrected chi connectivity index (χ3v) is 6.22. The molecule has 1 aromatic heterocycles. The number of hydrogen-bond donors (Lipinski definition) is 0. The zero-order valence-electron chi connectivity index (χ0n) is 18.7. The number of halogens is 1. The minimum atomic E-state index is -0.720. The summed E-state index contributed by atoms with van der Waals surface area (Å²) in [4.78, 5) is 28.7. The van der Waals surface area contributed by atoms with Crippen molar-refractivity contribution < 1.29 is 27.8 Å². The number of carbonyl (C=O) groups excluding carboxylic acids is 1. The van der Waals surface area contributed by atoms with Crippen LogP contribution in [0.3, 0.4) is 0 Å². The number of rotatable bonds is 5. The van der Waals surface area contributed by atoms with E-state index in [1.54, 1.807) is 23.1 Å². The summed E-state index contributed by atoms with van der Waals surface area (Å²) in [7, 11) is 0. The maximum absolute atomic E-state index is 14.0. The number of hydrogen-bond acceptors (Lipinski definition) is 6. The molecule has 0 bridgehead atoms. The predicted octanol–water partition coefficient (Wildman–Crippen LogP) is 4.80. The third kappa shape index (κ3) is 3.49. The van der Waals surface area contributed by atoms with Gasteiger partial charge in [-0.3, -0.25) is 9.59 Å². The third-order valence-electron chi connectivity index (χ3n) is 6.22. The van der Waals surface area contributed by atoms with Gasteiger partial charge in [0.2, 0.25) is 12.6 Å². The van der Waals surface area contributed by atoms with Gasteiger partial charge in [0.25, 0.3) is 5.91 Å². The fraction of sp³-hybridized carbons (Fsp3) is 0.185. The molecule has 0 spiro atoms. The molecule has 3 heterocycles. The van der Waals surface area contributed by atoms with Gasteiger partial charge in [-0.1, -0.05) is 18.2 Å². The summed E-state index contributed by atoms with van der Waals surface area (Å²) >= 11 is 0. The van der Waals surface area contributed by atoms with E-state index < -0.39 is 23.2 Å². The Morgan fingerprint density at radius 2 is 1.80 bits per heavy atom. The molecule has 8 heteroatoms. The van der Waals surface area contributed by atoms with Crippen LogP contribution >= 0.6 is 0 Å². The molecule has 0 aliphatic carbocycles. The van der Waals surface area contributed by atoms with Crippen LogP contribution < -0.4 is 19.6 Å². The van der Waals surface area contributed by atoms with E-state index >= 15 is 0 Å². The zero-order valence-corrected chi connectivity index (χ0v) is 18.7. The largest absolute Gasteiger partial charge is 0.494 e. The molecule has 3 aromatic carbocycles. The number of amides is 1. The van der Waals surface area contributed by atoms with Crippen molar-refractivity contribution in [3.63, 3.8) is 0 Å². The van der Waals surface area contributed by atoms with E-state index in [0.29, 0.717) is 29.4 Å². The maximum atomic E-state index is 14.0. The number of ether oxygens (including phenoxy) is 3. The summed E-state index contributed by atoms with van der Waals surface area (Å²) in [5, 5.41) is 0.0948. The van der Waals surface area contributed by atoms with Gasteiger partial charge >= 0.3 is 0 Å². The van der Waals surface area contributed by atoms with Crippen molar-refractivity contribution in [1.82, 2.24) is 4.90 Å². The molecule has 2 aliphatic heterocycles. The Hall–Kier alpha value is -4.33. The van der Waals surface area contributed by atoms with Gasteiger partial charge in [-0.15, -0.1) is 0 Å². The van der Waals surface area contributed by atoms with Crippen LogP contribution in [0.25, 0.3) is 11.0 Å². The van der Waals surface area contributed by atoms with Crippen molar-refractivity contribution >= 4 is 16.9 Å². The average molecular weight is 473 g/mol. The second-order valence-electron chi connectivity index (χ2n) is 8.34. The van der Waals surface area contributed by atoms with Gasteiger partial charge in [-0.25, -0.2) is 4.39 Å². The van der Waals surface area contributed by atoms with Crippen molar-refractivity contribution in [3.8, 4) is 17.2 Å². The first-order valence-electron chi connectivity index (χ1n) is 11.2. The molecular formula is C27H20FNO6. The summed E-state index contributed by atoms with van der Waals surface area (Å²) in [6, 6.07) is 15.7. The number of nitrogens with zero attached hydrogens (tertiary/aromatic N) is 1. The Morgan fingerprint density at radius 1 is 1.00 bits per heavy atom. The molecule has 176 valence electrons. The van der Waals surface area contributed by atoms with Gasteiger partial charge < -0.3 is 23.5 Å². The van der Waals surface area contributed by atoms with Gasteiger partial charge in [-0.05, 0) is 60.5 Å². The average Bonchev–Trinajstić information content (AvgIpc) is 3.43. The number of fused-ring (bicyclic) bond motifs is 3. The molecule has 0 saturated carbocycles. The summed E-state index contributed by atoms with van der Waals surface area (Å²) in [5.74, 6) is 0.908. The summed E-state index contributed by atoms with van der Waals surface area (Å²) < 4.78 is 36.3. The Balaban J connectivity index is 1.49. The topological polar surface area (TPSA) is 78.2 Å². The smallest absolute Gasteiger partial charge is 0.291 e. The first kappa shape index (κ1) is 21.2. The van der Waals surface area contributed by atoms with E-state index in [4.69, 9.17) is 18.6 Å². The molecule has 0 saturated heterocycles. The summed E-state index contributed by atoms with van der Waals surface area (Å²) in [5.41, 5.74) is 1.44. The summed E-state index contributed by atoms with van der Waals surface area (Å²) in [6.45, 7) is 2.74. The summed E-state index contributed by atoms with van der Waals surface area (Å²) in [6.07, 6.45) is 0. The first-order valence-corrected chi connectivity index (χ1v) is 11.2. The first-order chi connectivity index (χ1) is 17.0. The van der Waals surface area contributed by atoms with Crippen molar-refractivity contribution in [2.24, 2.45) is 0 Å². The van der Waals surface area contributed by atoms with E-state index in [9.17, 15) is 14.0 Å². The monoisotopic (exact) mass is 473 g/mol. The van der Waals surface area contributed by atoms with Gasteiger partial charge in [-0.2, -0.15) is 0 Å². The van der Waals surface area contributed by atoms with Crippen LogP contribution in [0.15, 0.2) is 69.9 Å². The van der Waals surface area contributed by atoms with Crippen molar-refractivity contribution in [3.05, 3.63) is 99.2 Å². The lowest BCUT2D eigenvalue weighted by Crippen LogP contribution is -2.29. The predicted molar refractivity (Wildman–Crippen MR) is 124 cm³/mol. The Morgan fingerprint density at radius 3 is 2.60 bits per heavy atom. The highest BCUT2D eigenvalue weighted by Crippen LogP contribution is 2.40. The number of benzene rings is 3. The standard InChI is InChI=1S/C27H20FNO6/c1-2-32-18-7-4-16(5-8-18)24-23-25(30)19-12-17(28)6-10-20(19)35-26(23)27(31)29(24)13-15-3-9-21-22(11-15)34-14-33-21/h3-12,24H,2,13-14H2,1H3. The molecule has 7 nitrogen and oxygen atoms in total. The van der Waals surface area contributed by atoms with Gasteiger partial charge in [0.15, 0.2) is 16.9 Å². The SMILES string of the molecule is CCOc1ccc(C2c3c(oc4ccc(F)cc4c3=O)C(=O)N2Cc2ccc3c(c2)OCO3)cc1. The van der Waals surface area contributed by atoms with Gasteiger partial charge in [0, 0.05) is 6.54 Å². The molecule has 1 unspecified atom stereocenters. The van der Waals surface area contributed by atoms with E-state index in [-0.39, 0.29) is 35.6 Å². The highest BCUT2D eigenvalue weighted by Gasteiger charge is 2.42. The maximum Gasteiger partial charge on any atom is 0.291 e. The lowest BCUT2D eigenvalue weighted by molar-refractivity contribution is 0.0714. The molecular weight excluding hydrogens is 453 g/mol. The lowest BCUT2D eigenvalue weighted by atomic mass is 9.98. The second kappa shape index (κ2) is 8.16. The van der Waals surface area contributed by atoms with Gasteiger partial charge in [0.05, 0.1) is 23.6 Å². The van der Waals surface area contributed by atoms with Crippen molar-refractivity contribution in [1.29, 1.82) is 0 Å². The van der Waals surface area contributed by atoms with Crippen molar-refractivity contribution in [2.75, 3.05) is 13.4 Å². The van der Waals surface area contributed by atoms with E-state index in [2.05, 4.69) is 0 Å². The number of carbonyl (C=O) groups is 1. The molecule has 0 radical (unpaired) electrons. The minimum Gasteiger partial charge on any atom is -0.494 e. The quantitative estimate of drug-likeness (QED) is 0.414. The van der Waals surface area contributed by atoms with Crippen LogP contribution in [-0.4, -0.2) is 24.2 Å². The zero-order chi connectivity index (χ0) is 24.1. The van der Waals surface area contributed by atoms with Crippen LogP contribution in [-0.2, 0) is 6.54 Å². The van der Waals surface area contributed by atoms with Crippen LogP contribution in [0.5, 0.6) is 17.2 Å². The molecule has 4 aromatic rings. The second-order valence-corrected chi connectivity index (χ2v) is 8.34. The van der Waals surface area contributed by atoms with E-state index in [1.807, 2.05) is 31.2 Å². The highest BCUT2D eigenvalue weighted by atomic mass is 19.1. The molecule has 1 amide bonds. The molecule has 0 N–H and O–H groups in total. The molecule has 0 fully saturated rings. The van der Waals surface area contributed by atoms with Crippen LogP contribution in [0.2, 0.25) is 0 Å². The van der Waals surface area contributed by atoms with E-state index in [0.717, 1.165) is 11.6 Å². The Labute approximate surface area is 199 Å². The fourth-order valence-corrected chi connectivity index (χ4v) is 4.65. The fourth-order valence-electron chi connectivity index (χ4n) is 4.65. The molecule has 1 atom stereocenters.